The maximum absolute atomic E-state index is 11.5. The van der Waals surface area contributed by atoms with E-state index in [1.54, 1.807) is 24.3 Å². The lowest BCUT2D eigenvalue weighted by molar-refractivity contribution is -0.124. The third kappa shape index (κ3) is 5.03. The molecule has 0 saturated carbocycles. The average molecular weight is 232 g/mol. The number of nitriles is 1. The first kappa shape index (κ1) is 13.0. The molecule has 4 nitrogen and oxygen atoms in total. The quantitative estimate of drug-likeness (QED) is 0.865. The molecule has 0 atom stereocenters. The van der Waals surface area contributed by atoms with Crippen molar-refractivity contribution < 1.29 is 9.53 Å². The van der Waals surface area contributed by atoms with Gasteiger partial charge in [-0.05, 0) is 39.0 Å². The second-order valence-corrected chi connectivity index (χ2v) is 4.73. The highest BCUT2D eigenvalue weighted by atomic mass is 16.5. The van der Waals surface area contributed by atoms with Gasteiger partial charge in [0.15, 0.2) is 6.61 Å². The van der Waals surface area contributed by atoms with Gasteiger partial charge in [0.2, 0.25) is 0 Å². The number of nitrogens with one attached hydrogen (secondary N) is 1. The van der Waals surface area contributed by atoms with Gasteiger partial charge in [0.1, 0.15) is 5.75 Å². The van der Waals surface area contributed by atoms with E-state index < -0.39 is 0 Å². The summed E-state index contributed by atoms with van der Waals surface area (Å²) >= 11 is 0. The molecular formula is C13H16N2O2. The predicted octanol–water partition coefficient (Wildman–Crippen LogP) is 1.85. The molecule has 17 heavy (non-hydrogen) atoms. The van der Waals surface area contributed by atoms with Crippen LogP contribution >= 0.6 is 0 Å². The number of amides is 1. The van der Waals surface area contributed by atoms with E-state index in [-0.39, 0.29) is 18.1 Å². The lowest BCUT2D eigenvalue weighted by atomic mass is 10.1. The summed E-state index contributed by atoms with van der Waals surface area (Å²) in [5.74, 6) is 0.341. The number of hydrogen-bond donors (Lipinski definition) is 1. The highest BCUT2D eigenvalue weighted by molar-refractivity contribution is 5.78. The molecule has 0 fully saturated rings. The monoisotopic (exact) mass is 232 g/mol. The second kappa shape index (κ2) is 5.35. The van der Waals surface area contributed by atoms with E-state index in [2.05, 4.69) is 5.32 Å². The van der Waals surface area contributed by atoms with E-state index in [0.29, 0.717) is 11.3 Å². The first-order valence-electron chi connectivity index (χ1n) is 5.35. The van der Waals surface area contributed by atoms with Crippen LogP contribution in [0.4, 0.5) is 0 Å². The van der Waals surface area contributed by atoms with Gasteiger partial charge in [-0.1, -0.05) is 6.07 Å². The molecule has 0 saturated heterocycles. The Balaban J connectivity index is 2.51. The Morgan fingerprint density at radius 3 is 2.76 bits per heavy atom. The van der Waals surface area contributed by atoms with Crippen LogP contribution in [-0.4, -0.2) is 18.1 Å². The minimum Gasteiger partial charge on any atom is -0.484 e. The first-order chi connectivity index (χ1) is 7.90. The number of carbonyl (C=O) groups excluding carboxylic acids is 1. The molecule has 1 N–H and O–H groups in total. The number of ether oxygens (including phenoxy) is 1. The van der Waals surface area contributed by atoms with Crippen molar-refractivity contribution >= 4 is 5.91 Å². The van der Waals surface area contributed by atoms with Crippen molar-refractivity contribution in [2.75, 3.05) is 6.61 Å². The largest absolute Gasteiger partial charge is 0.484 e. The fourth-order valence-electron chi connectivity index (χ4n) is 1.26. The van der Waals surface area contributed by atoms with E-state index in [1.807, 2.05) is 26.8 Å². The molecule has 0 radical (unpaired) electrons. The van der Waals surface area contributed by atoms with Gasteiger partial charge in [0.05, 0.1) is 11.6 Å². The van der Waals surface area contributed by atoms with Gasteiger partial charge in [0, 0.05) is 5.54 Å². The normalized spacial score (nSPS) is 10.5. The Kier molecular flexibility index (Phi) is 4.11. The summed E-state index contributed by atoms with van der Waals surface area (Å²) in [7, 11) is 0. The summed E-state index contributed by atoms with van der Waals surface area (Å²) in [5.41, 5.74) is 0.244. The maximum atomic E-state index is 11.5. The molecule has 1 amide bonds. The van der Waals surface area contributed by atoms with E-state index in [1.165, 1.54) is 0 Å². The summed E-state index contributed by atoms with van der Waals surface area (Å²) < 4.78 is 5.29. The Morgan fingerprint density at radius 2 is 2.18 bits per heavy atom. The highest BCUT2D eigenvalue weighted by Gasteiger charge is 2.13. The number of nitrogens with zero attached hydrogens (tertiary/aromatic N) is 1. The minimum absolute atomic E-state index is 0.0495. The average Bonchev–Trinajstić information content (AvgIpc) is 2.24. The second-order valence-electron chi connectivity index (χ2n) is 4.73. The molecule has 1 rings (SSSR count). The van der Waals surface area contributed by atoms with E-state index in [0.717, 1.165) is 0 Å². The standard InChI is InChI=1S/C13H16N2O2/c1-13(2,3)15-12(16)9-17-11-6-4-5-10(7-11)8-14/h4-7H,9H2,1-3H3,(H,15,16). The van der Waals surface area contributed by atoms with Crippen LogP contribution in [0, 0.1) is 11.3 Å². The van der Waals surface area contributed by atoms with Crippen molar-refractivity contribution in [1.29, 1.82) is 5.26 Å². The fraction of sp³-hybridized carbons (Fsp3) is 0.385. The highest BCUT2D eigenvalue weighted by Crippen LogP contribution is 2.12. The number of benzene rings is 1. The van der Waals surface area contributed by atoms with Crippen LogP contribution in [0.3, 0.4) is 0 Å². The summed E-state index contributed by atoms with van der Waals surface area (Å²) in [6.07, 6.45) is 0. The fourth-order valence-corrected chi connectivity index (χ4v) is 1.26. The zero-order chi connectivity index (χ0) is 12.9. The lowest BCUT2D eigenvalue weighted by Gasteiger charge is -2.20. The van der Waals surface area contributed by atoms with Gasteiger partial charge in [0.25, 0.3) is 5.91 Å². The van der Waals surface area contributed by atoms with Gasteiger partial charge >= 0.3 is 0 Å². The number of hydrogen-bond acceptors (Lipinski definition) is 3. The number of rotatable bonds is 3. The zero-order valence-electron chi connectivity index (χ0n) is 10.3. The predicted molar refractivity (Wildman–Crippen MR) is 64.5 cm³/mol. The molecule has 0 bridgehead atoms. The molecular weight excluding hydrogens is 216 g/mol. The van der Waals surface area contributed by atoms with Crippen molar-refractivity contribution in [3.63, 3.8) is 0 Å². The lowest BCUT2D eigenvalue weighted by Crippen LogP contribution is -2.43. The summed E-state index contributed by atoms with van der Waals surface area (Å²) in [6.45, 7) is 5.66. The molecule has 0 unspecified atom stereocenters. The summed E-state index contributed by atoms with van der Waals surface area (Å²) in [4.78, 5) is 11.5. The van der Waals surface area contributed by atoms with Crippen LogP contribution in [-0.2, 0) is 4.79 Å². The Labute approximate surface area is 101 Å². The van der Waals surface area contributed by atoms with Gasteiger partial charge in [-0.3, -0.25) is 4.79 Å². The Hall–Kier alpha value is -2.02. The van der Waals surface area contributed by atoms with Crippen molar-refractivity contribution in [3.8, 4) is 11.8 Å². The molecule has 0 aromatic heterocycles. The van der Waals surface area contributed by atoms with Gasteiger partial charge in [-0.15, -0.1) is 0 Å². The van der Waals surface area contributed by atoms with Crippen molar-refractivity contribution in [2.45, 2.75) is 26.3 Å². The van der Waals surface area contributed by atoms with Crippen LogP contribution in [0.15, 0.2) is 24.3 Å². The zero-order valence-corrected chi connectivity index (χ0v) is 10.3. The molecule has 4 heteroatoms. The summed E-state index contributed by atoms with van der Waals surface area (Å²) in [6, 6.07) is 8.73. The Morgan fingerprint density at radius 1 is 1.47 bits per heavy atom. The van der Waals surface area contributed by atoms with Crippen molar-refractivity contribution in [1.82, 2.24) is 5.32 Å². The molecule has 0 aliphatic rings. The maximum Gasteiger partial charge on any atom is 0.258 e. The van der Waals surface area contributed by atoms with Crippen molar-refractivity contribution in [3.05, 3.63) is 29.8 Å². The van der Waals surface area contributed by atoms with Gasteiger partial charge in [-0.2, -0.15) is 5.26 Å². The minimum atomic E-state index is -0.269. The van der Waals surface area contributed by atoms with Crippen LogP contribution in [0.2, 0.25) is 0 Å². The smallest absolute Gasteiger partial charge is 0.258 e. The third-order valence-electron chi connectivity index (χ3n) is 1.85. The van der Waals surface area contributed by atoms with Crippen LogP contribution < -0.4 is 10.1 Å². The molecule has 0 aliphatic carbocycles. The van der Waals surface area contributed by atoms with Gasteiger partial charge in [-0.25, -0.2) is 0 Å². The van der Waals surface area contributed by atoms with E-state index in [9.17, 15) is 4.79 Å². The third-order valence-corrected chi connectivity index (χ3v) is 1.85. The molecule has 0 spiro atoms. The number of carbonyl (C=O) groups is 1. The SMILES string of the molecule is CC(C)(C)NC(=O)COc1cccc(C#N)c1. The molecule has 1 aromatic rings. The molecule has 90 valence electrons. The van der Waals surface area contributed by atoms with Crippen LogP contribution in [0.1, 0.15) is 26.3 Å². The van der Waals surface area contributed by atoms with E-state index in [4.69, 9.17) is 10.00 Å². The molecule has 1 aromatic carbocycles. The molecule has 0 heterocycles. The summed E-state index contributed by atoms with van der Waals surface area (Å²) in [5, 5.41) is 11.5. The Bertz CT molecular complexity index is 441. The molecule has 0 aliphatic heterocycles. The topological polar surface area (TPSA) is 62.1 Å². The van der Waals surface area contributed by atoms with Crippen molar-refractivity contribution in [2.24, 2.45) is 0 Å². The van der Waals surface area contributed by atoms with Gasteiger partial charge < -0.3 is 10.1 Å². The first-order valence-corrected chi connectivity index (χ1v) is 5.35. The van der Waals surface area contributed by atoms with E-state index >= 15 is 0 Å². The van der Waals surface area contributed by atoms with Crippen LogP contribution in [0.5, 0.6) is 5.75 Å². The van der Waals surface area contributed by atoms with Crippen LogP contribution in [0.25, 0.3) is 0 Å².